The van der Waals surface area contributed by atoms with Crippen molar-refractivity contribution >= 4 is 11.8 Å². The van der Waals surface area contributed by atoms with E-state index in [4.69, 9.17) is 4.42 Å². The van der Waals surface area contributed by atoms with E-state index in [9.17, 15) is 9.59 Å². The fourth-order valence-electron chi connectivity index (χ4n) is 2.66. The van der Waals surface area contributed by atoms with E-state index < -0.39 is 0 Å². The Morgan fingerprint density at radius 3 is 2.44 bits per heavy atom. The minimum absolute atomic E-state index is 0.0571. The maximum atomic E-state index is 12.5. The van der Waals surface area contributed by atoms with Gasteiger partial charge in [-0.15, -0.1) is 0 Å². The van der Waals surface area contributed by atoms with Gasteiger partial charge < -0.3 is 14.6 Å². The molecule has 0 bridgehead atoms. The zero-order valence-electron chi connectivity index (χ0n) is 15.3. The third-order valence-electron chi connectivity index (χ3n) is 4.19. The van der Waals surface area contributed by atoms with Crippen LogP contribution in [-0.2, 0) is 17.8 Å². The smallest absolute Gasteiger partial charge is 0.251 e. The molecule has 1 N–H and O–H groups in total. The summed E-state index contributed by atoms with van der Waals surface area (Å²) in [6.07, 6.45) is 1.69. The topological polar surface area (TPSA) is 75.4 Å². The van der Waals surface area contributed by atoms with Crippen molar-refractivity contribution in [3.8, 4) is 11.5 Å². The highest BCUT2D eigenvalue weighted by Crippen LogP contribution is 2.18. The SMILES string of the molecule is CNC(=O)c1ccc(CN(C)C(=O)Cc2coc(-c3ccccc3)n2)cc1. The van der Waals surface area contributed by atoms with Crippen LogP contribution in [-0.4, -0.2) is 35.8 Å². The Bertz CT molecular complexity index is 917. The lowest BCUT2D eigenvalue weighted by Gasteiger charge is -2.16. The molecule has 6 heteroatoms. The van der Waals surface area contributed by atoms with Crippen LogP contribution in [0.15, 0.2) is 65.3 Å². The Hall–Kier alpha value is -3.41. The molecule has 0 fully saturated rings. The van der Waals surface area contributed by atoms with Gasteiger partial charge in [0, 0.05) is 31.8 Å². The van der Waals surface area contributed by atoms with Gasteiger partial charge in [-0.3, -0.25) is 9.59 Å². The molecule has 0 radical (unpaired) electrons. The van der Waals surface area contributed by atoms with Gasteiger partial charge in [0.15, 0.2) is 0 Å². The fraction of sp³-hybridized carbons (Fsp3) is 0.190. The van der Waals surface area contributed by atoms with Crippen LogP contribution < -0.4 is 5.32 Å². The number of benzene rings is 2. The van der Waals surface area contributed by atoms with Crippen LogP contribution in [0.3, 0.4) is 0 Å². The summed E-state index contributed by atoms with van der Waals surface area (Å²) in [4.78, 5) is 30.1. The summed E-state index contributed by atoms with van der Waals surface area (Å²) in [7, 11) is 3.34. The number of hydrogen-bond donors (Lipinski definition) is 1. The van der Waals surface area contributed by atoms with Gasteiger partial charge in [0.25, 0.3) is 5.91 Å². The molecule has 0 aliphatic carbocycles. The van der Waals surface area contributed by atoms with Gasteiger partial charge >= 0.3 is 0 Å². The molecule has 3 aromatic rings. The van der Waals surface area contributed by atoms with Gasteiger partial charge in [-0.1, -0.05) is 30.3 Å². The van der Waals surface area contributed by atoms with Crippen molar-refractivity contribution in [2.75, 3.05) is 14.1 Å². The molecule has 0 unspecified atom stereocenters. The molecule has 2 amide bonds. The van der Waals surface area contributed by atoms with E-state index in [2.05, 4.69) is 10.3 Å². The predicted octanol–water partition coefficient (Wildman–Crippen LogP) is 2.90. The number of carbonyl (C=O) groups excluding carboxylic acids is 2. The molecule has 1 heterocycles. The second-order valence-electron chi connectivity index (χ2n) is 6.21. The number of rotatable bonds is 6. The van der Waals surface area contributed by atoms with Crippen molar-refractivity contribution in [1.29, 1.82) is 0 Å². The molecule has 0 aliphatic rings. The summed E-state index contributed by atoms with van der Waals surface area (Å²) >= 11 is 0. The van der Waals surface area contributed by atoms with Crippen molar-refractivity contribution in [2.24, 2.45) is 0 Å². The average molecular weight is 363 g/mol. The first-order valence-electron chi connectivity index (χ1n) is 8.61. The molecule has 6 nitrogen and oxygen atoms in total. The first-order chi connectivity index (χ1) is 13.1. The van der Waals surface area contributed by atoms with Crippen molar-refractivity contribution in [3.63, 3.8) is 0 Å². The van der Waals surface area contributed by atoms with Gasteiger partial charge in [-0.2, -0.15) is 0 Å². The summed E-state index contributed by atoms with van der Waals surface area (Å²) in [5.41, 5.74) is 3.01. The number of oxazole rings is 1. The van der Waals surface area contributed by atoms with Gasteiger partial charge in [0.05, 0.1) is 12.1 Å². The molecule has 0 saturated carbocycles. The summed E-state index contributed by atoms with van der Waals surface area (Å²) in [5.74, 6) is 0.315. The first-order valence-corrected chi connectivity index (χ1v) is 8.61. The van der Waals surface area contributed by atoms with Crippen molar-refractivity contribution in [2.45, 2.75) is 13.0 Å². The van der Waals surface area contributed by atoms with Crippen molar-refractivity contribution in [1.82, 2.24) is 15.2 Å². The zero-order valence-corrected chi connectivity index (χ0v) is 15.3. The largest absolute Gasteiger partial charge is 0.444 e. The van der Waals surface area contributed by atoms with E-state index in [0.717, 1.165) is 11.1 Å². The molecule has 0 atom stereocenters. The Labute approximate surface area is 157 Å². The zero-order chi connectivity index (χ0) is 19.2. The van der Waals surface area contributed by atoms with Crippen LogP contribution in [0.4, 0.5) is 0 Å². The van der Waals surface area contributed by atoms with E-state index >= 15 is 0 Å². The van der Waals surface area contributed by atoms with Gasteiger partial charge in [0.1, 0.15) is 6.26 Å². The van der Waals surface area contributed by atoms with Gasteiger partial charge in [-0.05, 0) is 29.8 Å². The summed E-state index contributed by atoms with van der Waals surface area (Å²) in [6, 6.07) is 16.7. The van der Waals surface area contributed by atoms with Gasteiger partial charge in [0.2, 0.25) is 11.8 Å². The van der Waals surface area contributed by atoms with Crippen LogP contribution in [0.1, 0.15) is 21.6 Å². The Morgan fingerprint density at radius 2 is 1.78 bits per heavy atom. The Kier molecular flexibility index (Phi) is 5.66. The number of nitrogens with one attached hydrogen (secondary N) is 1. The van der Waals surface area contributed by atoms with E-state index in [-0.39, 0.29) is 18.2 Å². The van der Waals surface area contributed by atoms with Crippen molar-refractivity contribution < 1.29 is 14.0 Å². The van der Waals surface area contributed by atoms with Crippen LogP contribution >= 0.6 is 0 Å². The van der Waals surface area contributed by atoms with Crippen molar-refractivity contribution in [3.05, 3.63) is 77.7 Å². The molecule has 0 aliphatic heterocycles. The first kappa shape index (κ1) is 18.4. The Morgan fingerprint density at radius 1 is 1.07 bits per heavy atom. The molecule has 27 heavy (non-hydrogen) atoms. The summed E-state index contributed by atoms with van der Waals surface area (Å²) in [5, 5.41) is 2.58. The molecular formula is C21H21N3O3. The van der Waals surface area contributed by atoms with E-state index in [1.54, 1.807) is 31.1 Å². The third kappa shape index (κ3) is 4.61. The number of likely N-dealkylation sites (N-methyl/N-ethyl adjacent to an activating group) is 1. The number of aromatic nitrogens is 1. The predicted molar refractivity (Wildman–Crippen MR) is 102 cm³/mol. The molecule has 3 rings (SSSR count). The number of carbonyl (C=O) groups is 2. The van der Waals surface area contributed by atoms with Gasteiger partial charge in [-0.25, -0.2) is 4.98 Å². The summed E-state index contributed by atoms with van der Waals surface area (Å²) < 4.78 is 5.48. The highest BCUT2D eigenvalue weighted by Gasteiger charge is 2.14. The maximum absolute atomic E-state index is 12.5. The highest BCUT2D eigenvalue weighted by atomic mass is 16.3. The number of hydrogen-bond acceptors (Lipinski definition) is 4. The normalized spacial score (nSPS) is 10.4. The standard InChI is InChI=1S/C21H21N3O3/c1-22-20(26)16-10-8-15(9-11-16)13-24(2)19(25)12-18-14-27-21(23-18)17-6-4-3-5-7-17/h3-11,14H,12-13H2,1-2H3,(H,22,26). The number of nitrogens with zero attached hydrogens (tertiary/aromatic N) is 2. The second kappa shape index (κ2) is 8.31. The molecular weight excluding hydrogens is 342 g/mol. The second-order valence-corrected chi connectivity index (χ2v) is 6.21. The quantitative estimate of drug-likeness (QED) is 0.731. The van der Waals surface area contributed by atoms with E-state index in [1.807, 2.05) is 42.5 Å². The lowest BCUT2D eigenvalue weighted by atomic mass is 10.1. The minimum Gasteiger partial charge on any atom is -0.444 e. The molecule has 0 spiro atoms. The third-order valence-corrected chi connectivity index (χ3v) is 4.19. The summed E-state index contributed by atoms with van der Waals surface area (Å²) in [6.45, 7) is 0.455. The maximum Gasteiger partial charge on any atom is 0.251 e. The van der Waals surface area contributed by atoms with Crippen LogP contribution in [0, 0.1) is 0 Å². The van der Waals surface area contributed by atoms with E-state index in [1.165, 1.54) is 6.26 Å². The highest BCUT2D eigenvalue weighted by molar-refractivity contribution is 5.93. The van der Waals surface area contributed by atoms with E-state index in [0.29, 0.717) is 23.7 Å². The van der Waals surface area contributed by atoms with Crippen LogP contribution in [0.2, 0.25) is 0 Å². The molecule has 0 saturated heterocycles. The molecule has 138 valence electrons. The lowest BCUT2D eigenvalue weighted by molar-refractivity contribution is -0.129. The average Bonchev–Trinajstić information content (AvgIpc) is 3.17. The number of amides is 2. The monoisotopic (exact) mass is 363 g/mol. The van der Waals surface area contributed by atoms with Crippen LogP contribution in [0.25, 0.3) is 11.5 Å². The minimum atomic E-state index is -0.133. The molecule has 2 aromatic carbocycles. The fourth-order valence-corrected chi connectivity index (χ4v) is 2.66. The Balaban J connectivity index is 1.59. The van der Waals surface area contributed by atoms with Crippen LogP contribution in [0.5, 0.6) is 0 Å². The molecule has 1 aromatic heterocycles. The lowest BCUT2D eigenvalue weighted by Crippen LogP contribution is -2.27.